The first-order valence-corrected chi connectivity index (χ1v) is 8.38. The Labute approximate surface area is 135 Å². The highest BCUT2D eigenvalue weighted by Crippen LogP contribution is 2.12. The van der Waals surface area contributed by atoms with Crippen molar-refractivity contribution in [3.63, 3.8) is 0 Å². The van der Waals surface area contributed by atoms with E-state index in [2.05, 4.69) is 27.4 Å². The van der Waals surface area contributed by atoms with Gasteiger partial charge in [0.2, 0.25) is 5.91 Å². The average molecular weight is 315 g/mol. The topological polar surface area (TPSA) is 54.9 Å². The Morgan fingerprint density at radius 1 is 1.27 bits per heavy atom. The molecule has 4 nitrogen and oxygen atoms in total. The second kappa shape index (κ2) is 8.54. The molecule has 5 heteroatoms. The third-order valence-electron chi connectivity index (χ3n) is 3.22. The van der Waals surface area contributed by atoms with Crippen LogP contribution in [0.3, 0.4) is 0 Å². The molecule has 0 bridgehead atoms. The molecule has 1 amide bonds. The normalized spacial score (nSPS) is 11.9. The van der Waals surface area contributed by atoms with Gasteiger partial charge in [-0.1, -0.05) is 42.1 Å². The van der Waals surface area contributed by atoms with Crippen molar-refractivity contribution in [2.75, 3.05) is 5.75 Å². The minimum Gasteiger partial charge on any atom is -0.353 e. The summed E-state index contributed by atoms with van der Waals surface area (Å²) in [4.78, 5) is 20.3. The Morgan fingerprint density at radius 3 is 2.77 bits per heavy atom. The van der Waals surface area contributed by atoms with Crippen molar-refractivity contribution in [1.82, 2.24) is 15.3 Å². The molecule has 0 aliphatic rings. The number of carbonyl (C=O) groups excluding carboxylic acids is 1. The fourth-order valence-electron chi connectivity index (χ4n) is 2.04. The minimum absolute atomic E-state index is 0.0238. The molecule has 1 aromatic carbocycles. The number of amides is 1. The van der Waals surface area contributed by atoms with E-state index in [9.17, 15) is 4.79 Å². The summed E-state index contributed by atoms with van der Waals surface area (Å²) in [5.41, 5.74) is 2.21. The van der Waals surface area contributed by atoms with Crippen LogP contribution in [0.4, 0.5) is 0 Å². The second-order valence-corrected chi connectivity index (χ2v) is 6.20. The van der Waals surface area contributed by atoms with Gasteiger partial charge < -0.3 is 5.32 Å². The van der Waals surface area contributed by atoms with Crippen molar-refractivity contribution in [1.29, 1.82) is 0 Å². The van der Waals surface area contributed by atoms with Crippen molar-refractivity contribution in [2.45, 2.75) is 37.9 Å². The van der Waals surface area contributed by atoms with E-state index in [0.29, 0.717) is 10.9 Å². The molecule has 116 valence electrons. The zero-order chi connectivity index (χ0) is 15.8. The van der Waals surface area contributed by atoms with Gasteiger partial charge in [0.1, 0.15) is 0 Å². The third kappa shape index (κ3) is 5.85. The summed E-state index contributed by atoms with van der Waals surface area (Å²) < 4.78 is 0. The molecule has 0 fully saturated rings. The fourth-order valence-corrected chi connectivity index (χ4v) is 2.73. The number of hydrogen-bond acceptors (Lipinski definition) is 4. The molecule has 22 heavy (non-hydrogen) atoms. The van der Waals surface area contributed by atoms with Gasteiger partial charge in [-0.25, -0.2) is 9.97 Å². The van der Waals surface area contributed by atoms with E-state index >= 15 is 0 Å². The third-order valence-corrected chi connectivity index (χ3v) is 4.08. The molecule has 0 spiro atoms. The summed E-state index contributed by atoms with van der Waals surface area (Å²) in [5, 5.41) is 3.67. The monoisotopic (exact) mass is 315 g/mol. The van der Waals surface area contributed by atoms with E-state index in [4.69, 9.17) is 0 Å². The lowest BCUT2D eigenvalue weighted by Crippen LogP contribution is -2.34. The van der Waals surface area contributed by atoms with Crippen LogP contribution in [-0.4, -0.2) is 27.7 Å². The van der Waals surface area contributed by atoms with Crippen LogP contribution >= 0.6 is 11.8 Å². The van der Waals surface area contributed by atoms with Gasteiger partial charge in [-0.3, -0.25) is 4.79 Å². The van der Waals surface area contributed by atoms with Crippen molar-refractivity contribution in [3.8, 4) is 0 Å². The molecule has 0 aliphatic heterocycles. The maximum absolute atomic E-state index is 11.9. The number of aromatic nitrogens is 2. The number of rotatable bonds is 7. The number of hydrogen-bond donors (Lipinski definition) is 1. The van der Waals surface area contributed by atoms with Gasteiger partial charge in [0.25, 0.3) is 0 Å². The Kier molecular flexibility index (Phi) is 6.40. The van der Waals surface area contributed by atoms with E-state index in [1.54, 1.807) is 6.20 Å². The summed E-state index contributed by atoms with van der Waals surface area (Å²) in [5.74, 6) is 0.370. The van der Waals surface area contributed by atoms with Gasteiger partial charge in [-0.05, 0) is 38.3 Å². The first-order valence-electron chi connectivity index (χ1n) is 7.39. The Balaban J connectivity index is 1.70. The molecular formula is C17H21N3OS. The first-order chi connectivity index (χ1) is 10.6. The number of thioether (sulfide) groups is 1. The van der Waals surface area contributed by atoms with Gasteiger partial charge in [0, 0.05) is 17.9 Å². The molecule has 0 saturated heterocycles. The van der Waals surface area contributed by atoms with E-state index < -0.39 is 0 Å². The molecule has 0 aliphatic carbocycles. The summed E-state index contributed by atoms with van der Waals surface area (Å²) in [6, 6.07) is 12.3. The van der Waals surface area contributed by atoms with E-state index in [0.717, 1.165) is 18.5 Å². The highest BCUT2D eigenvalue weighted by Gasteiger charge is 2.09. The first kappa shape index (κ1) is 16.5. The Morgan fingerprint density at radius 2 is 2.05 bits per heavy atom. The van der Waals surface area contributed by atoms with E-state index in [1.807, 2.05) is 38.1 Å². The van der Waals surface area contributed by atoms with Crippen LogP contribution in [0.15, 0.2) is 47.8 Å². The number of benzene rings is 1. The zero-order valence-corrected chi connectivity index (χ0v) is 13.8. The maximum atomic E-state index is 11.9. The standard InChI is InChI=1S/C17H21N3OS/c1-13(8-9-15-6-4-3-5-7-15)19-16(21)12-22-17-18-11-10-14(2)20-17/h3-7,10-11,13H,8-9,12H2,1-2H3,(H,19,21). The maximum Gasteiger partial charge on any atom is 0.230 e. The fraction of sp³-hybridized carbons (Fsp3) is 0.353. The molecular weight excluding hydrogens is 294 g/mol. The Hall–Kier alpha value is -1.88. The predicted molar refractivity (Wildman–Crippen MR) is 89.9 cm³/mol. The minimum atomic E-state index is 0.0238. The van der Waals surface area contributed by atoms with E-state index in [-0.39, 0.29) is 11.9 Å². The smallest absolute Gasteiger partial charge is 0.230 e. The number of carbonyl (C=O) groups is 1. The van der Waals surface area contributed by atoms with Gasteiger partial charge in [0.05, 0.1) is 5.75 Å². The van der Waals surface area contributed by atoms with Gasteiger partial charge in [-0.15, -0.1) is 0 Å². The van der Waals surface area contributed by atoms with Crippen LogP contribution in [0.1, 0.15) is 24.6 Å². The molecule has 0 saturated carbocycles. The molecule has 1 heterocycles. The van der Waals surface area contributed by atoms with Crippen LogP contribution in [0.2, 0.25) is 0 Å². The summed E-state index contributed by atoms with van der Waals surface area (Å²) in [6.45, 7) is 3.95. The molecule has 1 atom stereocenters. The lowest BCUT2D eigenvalue weighted by atomic mass is 10.1. The quantitative estimate of drug-likeness (QED) is 0.630. The second-order valence-electron chi connectivity index (χ2n) is 5.26. The highest BCUT2D eigenvalue weighted by molar-refractivity contribution is 7.99. The van der Waals surface area contributed by atoms with Crippen molar-refractivity contribution in [3.05, 3.63) is 53.9 Å². The van der Waals surface area contributed by atoms with Gasteiger partial charge in [-0.2, -0.15) is 0 Å². The summed E-state index contributed by atoms with van der Waals surface area (Å²) >= 11 is 1.36. The molecule has 2 rings (SSSR count). The van der Waals surface area contributed by atoms with Gasteiger partial charge in [0.15, 0.2) is 5.16 Å². The van der Waals surface area contributed by atoms with Crippen molar-refractivity contribution >= 4 is 17.7 Å². The SMILES string of the molecule is Cc1ccnc(SCC(=O)NC(C)CCc2ccccc2)n1. The molecule has 1 N–H and O–H groups in total. The highest BCUT2D eigenvalue weighted by atomic mass is 32.2. The van der Waals surface area contributed by atoms with Crippen LogP contribution in [0, 0.1) is 6.92 Å². The summed E-state index contributed by atoms with van der Waals surface area (Å²) in [7, 11) is 0. The van der Waals surface area contributed by atoms with Gasteiger partial charge >= 0.3 is 0 Å². The summed E-state index contributed by atoms with van der Waals surface area (Å²) in [6.07, 6.45) is 3.61. The largest absolute Gasteiger partial charge is 0.353 e. The van der Waals surface area contributed by atoms with Crippen LogP contribution in [0.5, 0.6) is 0 Å². The lowest BCUT2D eigenvalue weighted by molar-refractivity contribution is -0.119. The lowest BCUT2D eigenvalue weighted by Gasteiger charge is -2.13. The van der Waals surface area contributed by atoms with Crippen molar-refractivity contribution in [2.24, 2.45) is 0 Å². The van der Waals surface area contributed by atoms with Crippen LogP contribution in [0.25, 0.3) is 0 Å². The molecule has 1 unspecified atom stereocenters. The molecule has 0 radical (unpaired) electrons. The molecule has 1 aromatic heterocycles. The number of nitrogens with zero attached hydrogens (tertiary/aromatic N) is 2. The van der Waals surface area contributed by atoms with Crippen LogP contribution < -0.4 is 5.32 Å². The van der Waals surface area contributed by atoms with E-state index in [1.165, 1.54) is 17.3 Å². The zero-order valence-electron chi connectivity index (χ0n) is 13.0. The number of aryl methyl sites for hydroxylation is 2. The van der Waals surface area contributed by atoms with Crippen molar-refractivity contribution < 1.29 is 4.79 Å². The number of nitrogens with one attached hydrogen (secondary N) is 1. The molecule has 2 aromatic rings. The van der Waals surface area contributed by atoms with Crippen LogP contribution in [-0.2, 0) is 11.2 Å². The average Bonchev–Trinajstić information content (AvgIpc) is 2.52. The predicted octanol–water partition coefficient (Wildman–Crippen LogP) is 3.01. The Bertz CT molecular complexity index is 604.